The van der Waals surface area contributed by atoms with E-state index in [1.54, 1.807) is 0 Å². The average Bonchev–Trinajstić information content (AvgIpc) is 1.85. The molecule has 0 radical (unpaired) electrons. The second kappa shape index (κ2) is 2.31. The van der Waals surface area contributed by atoms with Crippen LogP contribution in [0.15, 0.2) is 12.2 Å². The fourth-order valence-corrected chi connectivity index (χ4v) is 1.96. The molecule has 1 saturated carbocycles. The van der Waals surface area contributed by atoms with E-state index in [1.165, 1.54) is 18.4 Å². The first kappa shape index (κ1) is 6.29. The van der Waals surface area contributed by atoms with E-state index >= 15 is 0 Å². The van der Waals surface area contributed by atoms with Crippen LogP contribution in [0.2, 0.25) is 0 Å². The van der Waals surface area contributed by atoms with Crippen molar-refractivity contribution in [2.45, 2.75) is 31.8 Å². The Bertz CT molecular complexity index is 137. The SMILES string of the molecule is C=C1CC2C[CH+]OC(C1)C2. The topological polar surface area (TPSA) is 9.23 Å². The van der Waals surface area contributed by atoms with Gasteiger partial charge in [0.25, 0.3) is 0 Å². The van der Waals surface area contributed by atoms with Gasteiger partial charge in [-0.15, -0.1) is 0 Å². The van der Waals surface area contributed by atoms with Crippen molar-refractivity contribution in [1.29, 1.82) is 0 Å². The van der Waals surface area contributed by atoms with Crippen LogP contribution in [-0.4, -0.2) is 6.10 Å². The van der Waals surface area contributed by atoms with Crippen molar-refractivity contribution in [2.75, 3.05) is 0 Å². The average molecular weight is 137 g/mol. The van der Waals surface area contributed by atoms with E-state index in [0.29, 0.717) is 6.10 Å². The van der Waals surface area contributed by atoms with Crippen LogP contribution >= 0.6 is 0 Å². The van der Waals surface area contributed by atoms with Crippen LogP contribution < -0.4 is 0 Å². The number of rotatable bonds is 0. The van der Waals surface area contributed by atoms with Gasteiger partial charge in [0.2, 0.25) is 6.61 Å². The maximum atomic E-state index is 5.43. The van der Waals surface area contributed by atoms with E-state index < -0.39 is 0 Å². The first-order valence-electron chi connectivity index (χ1n) is 3.98. The fraction of sp³-hybridized carbons (Fsp3) is 0.667. The third-order valence-electron chi connectivity index (χ3n) is 2.41. The summed E-state index contributed by atoms with van der Waals surface area (Å²) in [7, 11) is 0. The van der Waals surface area contributed by atoms with Gasteiger partial charge in [0.1, 0.15) is 12.5 Å². The third-order valence-corrected chi connectivity index (χ3v) is 2.41. The molecule has 0 N–H and O–H groups in total. The molecule has 0 aromatic carbocycles. The molecule has 10 heavy (non-hydrogen) atoms. The summed E-state index contributed by atoms with van der Waals surface area (Å²) in [4.78, 5) is 0. The van der Waals surface area contributed by atoms with E-state index in [4.69, 9.17) is 4.74 Å². The highest BCUT2D eigenvalue weighted by atomic mass is 16.5. The standard InChI is InChI=1S/C9H13O/c1-7-4-8-2-3-10-9(5-7)6-8/h3,8-9H,1-2,4-6H2/q+1. The Morgan fingerprint density at radius 3 is 3.20 bits per heavy atom. The van der Waals surface area contributed by atoms with Crippen molar-refractivity contribution < 1.29 is 4.74 Å². The summed E-state index contributed by atoms with van der Waals surface area (Å²) in [5.41, 5.74) is 1.38. The minimum absolute atomic E-state index is 0.472. The molecule has 1 nitrogen and oxygen atoms in total. The molecular formula is C9H13O+. The first-order chi connectivity index (χ1) is 4.84. The molecule has 1 aliphatic heterocycles. The summed E-state index contributed by atoms with van der Waals surface area (Å²) in [5, 5.41) is 0. The smallest absolute Gasteiger partial charge is 0.193 e. The number of fused-ring (bicyclic) bond motifs is 2. The molecule has 0 aromatic rings. The fourth-order valence-electron chi connectivity index (χ4n) is 1.96. The molecule has 1 aliphatic carbocycles. The molecule has 2 fully saturated rings. The van der Waals surface area contributed by atoms with Crippen molar-refractivity contribution >= 4 is 0 Å². The Morgan fingerprint density at radius 1 is 1.50 bits per heavy atom. The number of hydrogen-bond acceptors (Lipinski definition) is 1. The minimum Gasteiger partial charge on any atom is -0.193 e. The molecule has 2 rings (SSSR count). The summed E-state index contributed by atoms with van der Waals surface area (Å²) < 4.78 is 5.43. The van der Waals surface area contributed by atoms with Gasteiger partial charge in [0.15, 0.2) is 0 Å². The van der Waals surface area contributed by atoms with Crippen molar-refractivity contribution in [2.24, 2.45) is 5.92 Å². The van der Waals surface area contributed by atoms with Gasteiger partial charge in [-0.3, -0.25) is 0 Å². The molecule has 2 unspecified atom stereocenters. The van der Waals surface area contributed by atoms with Crippen LogP contribution in [0.3, 0.4) is 0 Å². The molecule has 2 aliphatic rings. The summed E-state index contributed by atoms with van der Waals surface area (Å²) in [5.74, 6) is 0.847. The van der Waals surface area contributed by atoms with E-state index in [-0.39, 0.29) is 0 Å². The Labute approximate surface area is 62.1 Å². The van der Waals surface area contributed by atoms with Crippen LogP contribution in [-0.2, 0) is 4.74 Å². The Hall–Kier alpha value is -0.430. The predicted octanol–water partition coefficient (Wildman–Crippen LogP) is 2.29. The molecule has 1 heterocycles. The largest absolute Gasteiger partial charge is 0.227 e. The molecule has 0 spiro atoms. The van der Waals surface area contributed by atoms with Crippen molar-refractivity contribution in [3.05, 3.63) is 18.8 Å². The first-order valence-corrected chi connectivity index (χ1v) is 3.98. The monoisotopic (exact) mass is 137 g/mol. The Balaban J connectivity index is 2.05. The van der Waals surface area contributed by atoms with E-state index in [1.807, 2.05) is 6.61 Å². The van der Waals surface area contributed by atoms with Gasteiger partial charge in [-0.05, 0) is 19.3 Å². The maximum absolute atomic E-state index is 5.43. The molecule has 0 amide bonds. The van der Waals surface area contributed by atoms with Crippen LogP contribution in [0.25, 0.3) is 0 Å². The van der Waals surface area contributed by atoms with Crippen molar-refractivity contribution in [3.8, 4) is 0 Å². The number of ether oxygens (including phenoxy) is 1. The van der Waals surface area contributed by atoms with Crippen molar-refractivity contribution in [1.82, 2.24) is 0 Å². The summed E-state index contributed by atoms with van der Waals surface area (Å²) >= 11 is 0. The lowest BCUT2D eigenvalue weighted by Crippen LogP contribution is -2.28. The van der Waals surface area contributed by atoms with Gasteiger partial charge in [-0.1, -0.05) is 12.2 Å². The Kier molecular flexibility index (Phi) is 1.46. The molecule has 0 aromatic heterocycles. The van der Waals surface area contributed by atoms with E-state index in [9.17, 15) is 0 Å². The second-order valence-electron chi connectivity index (χ2n) is 3.42. The molecule has 1 saturated heterocycles. The van der Waals surface area contributed by atoms with Gasteiger partial charge < -0.3 is 0 Å². The maximum Gasteiger partial charge on any atom is 0.227 e. The van der Waals surface area contributed by atoms with Crippen LogP contribution in [0.5, 0.6) is 0 Å². The third kappa shape index (κ3) is 1.06. The number of hydrogen-bond donors (Lipinski definition) is 0. The van der Waals surface area contributed by atoms with Gasteiger partial charge in [0, 0.05) is 5.92 Å². The zero-order chi connectivity index (χ0) is 6.97. The second-order valence-corrected chi connectivity index (χ2v) is 3.42. The predicted molar refractivity (Wildman–Crippen MR) is 40.3 cm³/mol. The highest BCUT2D eigenvalue weighted by Gasteiger charge is 2.33. The normalized spacial score (nSPS) is 39.0. The lowest BCUT2D eigenvalue weighted by Gasteiger charge is -2.29. The molecule has 2 bridgehead atoms. The van der Waals surface area contributed by atoms with Crippen molar-refractivity contribution in [3.63, 3.8) is 0 Å². The minimum atomic E-state index is 0.472. The lowest BCUT2D eigenvalue weighted by atomic mass is 9.81. The summed E-state index contributed by atoms with van der Waals surface area (Å²) in [6.07, 6.45) is 5.19. The quantitative estimate of drug-likeness (QED) is 0.367. The molecule has 54 valence electrons. The van der Waals surface area contributed by atoms with Gasteiger partial charge in [0.05, 0.1) is 0 Å². The molecule has 1 heteroatoms. The summed E-state index contributed by atoms with van der Waals surface area (Å²) in [6.45, 7) is 5.98. The summed E-state index contributed by atoms with van der Waals surface area (Å²) in [6, 6.07) is 0. The highest BCUT2D eigenvalue weighted by Crippen LogP contribution is 2.36. The molecular weight excluding hydrogens is 124 g/mol. The van der Waals surface area contributed by atoms with Gasteiger partial charge >= 0.3 is 0 Å². The van der Waals surface area contributed by atoms with Crippen LogP contribution in [0.4, 0.5) is 0 Å². The highest BCUT2D eigenvalue weighted by molar-refractivity contribution is 5.04. The zero-order valence-corrected chi connectivity index (χ0v) is 6.18. The van der Waals surface area contributed by atoms with Gasteiger partial charge in [-0.2, -0.15) is 4.74 Å². The zero-order valence-electron chi connectivity index (χ0n) is 6.18. The van der Waals surface area contributed by atoms with E-state index in [0.717, 1.165) is 18.8 Å². The lowest BCUT2D eigenvalue weighted by molar-refractivity contribution is 0.0234. The molecule has 2 atom stereocenters. The van der Waals surface area contributed by atoms with Gasteiger partial charge in [-0.25, -0.2) is 0 Å². The van der Waals surface area contributed by atoms with E-state index in [2.05, 4.69) is 6.58 Å². The van der Waals surface area contributed by atoms with Crippen LogP contribution in [0, 0.1) is 12.5 Å². The Morgan fingerprint density at radius 2 is 2.40 bits per heavy atom. The van der Waals surface area contributed by atoms with Crippen LogP contribution in [0.1, 0.15) is 25.7 Å².